The van der Waals surface area contributed by atoms with Gasteiger partial charge in [-0.1, -0.05) is 140 Å². The van der Waals surface area contributed by atoms with Crippen LogP contribution in [0.4, 0.5) is 0 Å². The number of benzene rings is 4. The Morgan fingerprint density at radius 2 is 0.833 bits per heavy atom. The summed E-state index contributed by atoms with van der Waals surface area (Å²) < 4.78 is 0.945. The summed E-state index contributed by atoms with van der Waals surface area (Å²) in [4.78, 5) is 0. The van der Waals surface area contributed by atoms with Gasteiger partial charge in [0.25, 0.3) is 0 Å². The minimum Gasteiger partial charge on any atom is -0.0786 e. The average Bonchev–Trinajstić information content (AvgIpc) is 3.14. The molecule has 0 aliphatic rings. The summed E-state index contributed by atoms with van der Waals surface area (Å²) >= 11 is 7.27. The Hall–Kier alpha value is -3.05. The molecule has 1 heterocycles. The van der Waals surface area contributed by atoms with E-state index < -0.39 is 7.53 Å². The van der Waals surface area contributed by atoms with E-state index in [0.29, 0.717) is 0 Å². The second kappa shape index (κ2) is 8.36. The van der Waals surface area contributed by atoms with Crippen LogP contribution in [0.2, 0.25) is 4.75 Å². The van der Waals surface area contributed by atoms with Gasteiger partial charge in [-0.3, -0.25) is 0 Å². The summed E-state index contributed by atoms with van der Waals surface area (Å²) in [5.74, 6) is 0. The Labute approximate surface area is 183 Å². The summed E-state index contributed by atoms with van der Waals surface area (Å²) in [5.41, 5.74) is 5.99. The molecule has 0 N–H and O–H groups in total. The molecule has 5 aromatic rings. The van der Waals surface area contributed by atoms with E-state index in [9.17, 15) is 0 Å². The van der Waals surface area contributed by atoms with E-state index in [2.05, 4.69) is 121 Å². The van der Waals surface area contributed by atoms with Crippen LogP contribution in [0.1, 0.15) is 0 Å². The molecule has 144 valence electrons. The molecule has 0 bridgehead atoms. The van der Waals surface area contributed by atoms with E-state index in [0.717, 1.165) is 15.9 Å². The predicted octanol–water partition coefficient (Wildman–Crippen LogP) is 9.32. The lowest BCUT2D eigenvalue weighted by atomic mass is 9.95. The monoisotopic (exact) mass is 422 g/mol. The largest absolute Gasteiger partial charge is 0.0786 e. The molecule has 2 heteroatoms. The fraction of sp³-hybridized carbons (Fsp3) is 0. The molecular weight excluding hydrogens is 403 g/mol. The molecule has 0 spiro atoms. The van der Waals surface area contributed by atoms with Crippen LogP contribution in [0.3, 0.4) is 0 Å². The Morgan fingerprint density at radius 3 is 1.33 bits per heavy atom. The smallest absolute Gasteiger partial charge is 0.0731 e. The van der Waals surface area contributed by atoms with Gasteiger partial charge in [0.15, 0.2) is 0 Å². The lowest BCUT2D eigenvalue weighted by molar-refractivity contribution is 1.62. The molecule has 4 aromatic carbocycles. The van der Waals surface area contributed by atoms with Gasteiger partial charge in [0.05, 0.1) is 4.75 Å². The topological polar surface area (TPSA) is 0 Å². The molecule has 1 atom stereocenters. The third kappa shape index (κ3) is 3.39. The number of halogens is 1. The zero-order chi connectivity index (χ0) is 20.3. The highest BCUT2D eigenvalue weighted by Gasteiger charge is 2.26. The standard InChI is InChI=1S/C28H20ClP/c29-28-26(22-15-7-2-8-16-22)25(21-13-5-1-6-14-21)27(23-17-9-3-10-18-23)30(28)24-19-11-4-12-20-24/h1-20H. The van der Waals surface area contributed by atoms with Crippen LogP contribution in [-0.4, -0.2) is 0 Å². The highest BCUT2D eigenvalue weighted by atomic mass is 35.5. The zero-order valence-corrected chi connectivity index (χ0v) is 18.0. The first-order valence-corrected chi connectivity index (χ1v) is 11.7. The van der Waals surface area contributed by atoms with E-state index in [4.69, 9.17) is 11.6 Å². The summed E-state index contributed by atoms with van der Waals surface area (Å²) in [6.07, 6.45) is 0. The van der Waals surface area contributed by atoms with Crippen LogP contribution in [0.25, 0.3) is 38.4 Å². The third-order valence-electron chi connectivity index (χ3n) is 5.30. The molecule has 0 nitrogen and oxygen atoms in total. The maximum Gasteiger partial charge on any atom is 0.0731 e. The van der Waals surface area contributed by atoms with Crippen LogP contribution in [0, 0.1) is 0 Å². The van der Waals surface area contributed by atoms with E-state index >= 15 is 0 Å². The minimum atomic E-state index is -0.842. The van der Waals surface area contributed by atoms with Crippen molar-refractivity contribution in [2.24, 2.45) is 0 Å². The van der Waals surface area contributed by atoms with Crippen molar-refractivity contribution in [2.45, 2.75) is 0 Å². The highest BCUT2D eigenvalue weighted by Crippen LogP contribution is 2.64. The first-order chi connectivity index (χ1) is 14.8. The van der Waals surface area contributed by atoms with Gasteiger partial charge in [0.1, 0.15) is 0 Å². The highest BCUT2D eigenvalue weighted by molar-refractivity contribution is 7.63. The van der Waals surface area contributed by atoms with Crippen LogP contribution in [0.15, 0.2) is 121 Å². The van der Waals surface area contributed by atoms with Crippen molar-refractivity contribution in [1.29, 1.82) is 0 Å². The summed E-state index contributed by atoms with van der Waals surface area (Å²) in [5, 5.41) is 2.60. The molecular formula is C28H20ClP. The van der Waals surface area contributed by atoms with E-state index in [1.807, 2.05) is 0 Å². The van der Waals surface area contributed by atoms with Crippen molar-refractivity contribution in [1.82, 2.24) is 0 Å². The second-order valence-electron chi connectivity index (χ2n) is 7.16. The second-order valence-corrected chi connectivity index (χ2v) is 9.88. The van der Waals surface area contributed by atoms with Crippen molar-refractivity contribution in [3.63, 3.8) is 0 Å². The molecule has 30 heavy (non-hydrogen) atoms. The minimum absolute atomic E-state index is 0.842. The maximum atomic E-state index is 7.27. The molecule has 0 aliphatic carbocycles. The normalized spacial score (nSPS) is 11.4. The quantitative estimate of drug-likeness (QED) is 0.270. The first-order valence-electron chi connectivity index (χ1n) is 10.0. The lowest BCUT2D eigenvalue weighted by Crippen LogP contribution is -1.84. The summed E-state index contributed by atoms with van der Waals surface area (Å²) in [7, 11) is -0.842. The van der Waals surface area contributed by atoms with Gasteiger partial charge in [-0.2, -0.15) is 0 Å². The van der Waals surface area contributed by atoms with Crippen molar-refractivity contribution in [3.8, 4) is 38.4 Å². The van der Waals surface area contributed by atoms with Crippen LogP contribution in [-0.2, 0) is 0 Å². The van der Waals surface area contributed by atoms with Gasteiger partial charge in [0.2, 0.25) is 0 Å². The number of hydrogen-bond donors (Lipinski definition) is 0. The SMILES string of the molecule is Clc1c(-c2ccccc2)c(-c2ccccc2)c(-c2ccccc2)p1-c1ccccc1. The zero-order valence-electron chi connectivity index (χ0n) is 16.4. The molecule has 1 aromatic heterocycles. The van der Waals surface area contributed by atoms with Crippen molar-refractivity contribution >= 4 is 19.1 Å². The Bertz CT molecular complexity index is 1160. The molecule has 1 unspecified atom stereocenters. The molecule has 5 rings (SSSR count). The summed E-state index contributed by atoms with van der Waals surface area (Å²) in [6, 6.07) is 42.6. The van der Waals surface area contributed by atoms with E-state index in [-0.39, 0.29) is 0 Å². The van der Waals surface area contributed by atoms with E-state index in [1.54, 1.807) is 0 Å². The molecule has 0 aliphatic heterocycles. The van der Waals surface area contributed by atoms with Gasteiger partial charge >= 0.3 is 0 Å². The molecule has 0 saturated carbocycles. The number of hydrogen-bond acceptors (Lipinski definition) is 0. The van der Waals surface area contributed by atoms with Gasteiger partial charge in [-0.05, 0) is 22.0 Å². The van der Waals surface area contributed by atoms with Crippen molar-refractivity contribution < 1.29 is 0 Å². The van der Waals surface area contributed by atoms with Crippen molar-refractivity contribution in [3.05, 3.63) is 126 Å². The molecule has 0 saturated heterocycles. The lowest BCUT2D eigenvalue weighted by Gasteiger charge is -2.11. The fourth-order valence-electron chi connectivity index (χ4n) is 3.99. The average molecular weight is 423 g/mol. The van der Waals surface area contributed by atoms with Crippen LogP contribution >= 0.6 is 19.1 Å². The Kier molecular flexibility index (Phi) is 5.28. The van der Waals surface area contributed by atoms with Crippen molar-refractivity contribution in [2.75, 3.05) is 0 Å². The van der Waals surface area contributed by atoms with Gasteiger partial charge in [-0.25, -0.2) is 0 Å². The third-order valence-corrected chi connectivity index (χ3v) is 8.36. The van der Waals surface area contributed by atoms with Crippen LogP contribution in [0.5, 0.6) is 0 Å². The molecule has 0 amide bonds. The fourth-order valence-corrected chi connectivity index (χ4v) is 7.22. The summed E-state index contributed by atoms with van der Waals surface area (Å²) in [6.45, 7) is 0. The van der Waals surface area contributed by atoms with Gasteiger partial charge in [0, 0.05) is 16.4 Å². The predicted molar refractivity (Wildman–Crippen MR) is 132 cm³/mol. The van der Waals surface area contributed by atoms with Crippen LogP contribution < -0.4 is 0 Å². The Morgan fingerprint density at radius 1 is 0.433 bits per heavy atom. The number of rotatable bonds is 4. The molecule has 0 radical (unpaired) electrons. The van der Waals surface area contributed by atoms with Gasteiger partial charge < -0.3 is 0 Å². The van der Waals surface area contributed by atoms with E-state index in [1.165, 1.54) is 27.3 Å². The maximum absolute atomic E-state index is 7.27. The Balaban J connectivity index is 1.95. The first kappa shape index (κ1) is 18.9. The molecule has 0 fully saturated rings. The van der Waals surface area contributed by atoms with Gasteiger partial charge in [-0.15, -0.1) is 0 Å².